The number of hydrogen-bond donors (Lipinski definition) is 1. The van der Waals surface area contributed by atoms with Crippen LogP contribution in [0, 0.1) is 0 Å². The van der Waals surface area contributed by atoms with Crippen molar-refractivity contribution in [1.29, 1.82) is 0 Å². The van der Waals surface area contributed by atoms with Gasteiger partial charge in [0, 0.05) is 28.1 Å². The van der Waals surface area contributed by atoms with Crippen molar-refractivity contribution < 1.29 is 0 Å². The lowest BCUT2D eigenvalue weighted by Gasteiger charge is -2.31. The highest BCUT2D eigenvalue weighted by atomic mass is 32.2. The van der Waals surface area contributed by atoms with Gasteiger partial charge in [0.25, 0.3) is 0 Å². The lowest BCUT2D eigenvalue weighted by atomic mass is 9.95. The first-order valence-electron chi connectivity index (χ1n) is 7.03. The van der Waals surface area contributed by atoms with Crippen LogP contribution in [0.25, 0.3) is 0 Å². The number of nitrogens with zero attached hydrogens (tertiary/aromatic N) is 1. The van der Waals surface area contributed by atoms with Crippen LogP contribution in [0.3, 0.4) is 0 Å². The average molecular weight is 299 g/mol. The van der Waals surface area contributed by atoms with Crippen LogP contribution in [0.4, 0.5) is 0 Å². The zero-order chi connectivity index (χ0) is 14.0. The lowest BCUT2D eigenvalue weighted by Crippen LogP contribution is -2.38. The van der Waals surface area contributed by atoms with E-state index in [2.05, 4.69) is 56.6 Å². The van der Waals surface area contributed by atoms with Crippen LogP contribution in [-0.4, -0.2) is 36.0 Å². The molecule has 0 radical (unpaired) electrons. The maximum absolute atomic E-state index is 6.05. The Hall–Kier alpha value is -0.0300. The highest BCUT2D eigenvalue weighted by Gasteiger charge is 2.28. The van der Waals surface area contributed by atoms with E-state index in [0.29, 0.717) is 18.6 Å². The molecule has 0 bridgehead atoms. The van der Waals surface area contributed by atoms with Crippen LogP contribution < -0.4 is 5.73 Å². The van der Waals surface area contributed by atoms with Crippen molar-refractivity contribution in [3.05, 3.63) is 21.9 Å². The molecule has 2 N–H and O–H groups in total. The van der Waals surface area contributed by atoms with Gasteiger partial charge in [-0.1, -0.05) is 20.8 Å². The fraction of sp³-hybridized carbons (Fsp3) is 0.733. The van der Waals surface area contributed by atoms with Gasteiger partial charge in [-0.05, 0) is 36.8 Å². The highest BCUT2D eigenvalue weighted by Crippen LogP contribution is 2.35. The summed E-state index contributed by atoms with van der Waals surface area (Å²) in [7, 11) is 2.24. The molecule has 4 heteroatoms. The smallest absolute Gasteiger partial charge is 0.0564 e. The molecule has 0 amide bonds. The second-order valence-corrected chi connectivity index (χ2v) is 8.65. The Morgan fingerprint density at radius 3 is 2.63 bits per heavy atom. The van der Waals surface area contributed by atoms with Crippen LogP contribution >= 0.6 is 23.1 Å². The quantitative estimate of drug-likeness (QED) is 0.923. The first-order chi connectivity index (χ1) is 8.93. The van der Waals surface area contributed by atoms with Crippen LogP contribution in [-0.2, 0) is 5.41 Å². The average Bonchev–Trinajstić information content (AvgIpc) is 3.00. The number of likely N-dealkylation sites (N-methyl/N-ethyl adjacent to an activating group) is 1. The summed E-state index contributed by atoms with van der Waals surface area (Å²) in [6.07, 6.45) is 1.30. The molecule has 2 unspecified atom stereocenters. The second-order valence-electron chi connectivity index (χ2n) is 6.39. The van der Waals surface area contributed by atoms with Crippen LogP contribution in [0.1, 0.15) is 43.0 Å². The van der Waals surface area contributed by atoms with Crippen molar-refractivity contribution in [1.82, 2.24) is 4.90 Å². The van der Waals surface area contributed by atoms with Gasteiger partial charge in [0.05, 0.1) is 6.04 Å². The Morgan fingerprint density at radius 2 is 2.16 bits per heavy atom. The van der Waals surface area contributed by atoms with Crippen molar-refractivity contribution in [2.75, 3.05) is 25.1 Å². The minimum Gasteiger partial charge on any atom is -0.329 e. The first kappa shape index (κ1) is 15.4. The van der Waals surface area contributed by atoms with E-state index < -0.39 is 0 Å². The Labute approximate surface area is 125 Å². The van der Waals surface area contributed by atoms with E-state index >= 15 is 0 Å². The number of rotatable bonds is 4. The summed E-state index contributed by atoms with van der Waals surface area (Å²) in [4.78, 5) is 5.38. The summed E-state index contributed by atoms with van der Waals surface area (Å²) >= 11 is 4.00. The van der Waals surface area contributed by atoms with Crippen LogP contribution in [0.2, 0.25) is 0 Å². The second kappa shape index (κ2) is 6.17. The van der Waals surface area contributed by atoms with Crippen LogP contribution in [0.5, 0.6) is 0 Å². The van der Waals surface area contributed by atoms with E-state index in [-0.39, 0.29) is 5.41 Å². The Balaban J connectivity index is 2.14. The Morgan fingerprint density at radius 1 is 1.42 bits per heavy atom. The van der Waals surface area contributed by atoms with E-state index in [9.17, 15) is 0 Å². The van der Waals surface area contributed by atoms with Crippen molar-refractivity contribution in [3.63, 3.8) is 0 Å². The standard InChI is InChI=1S/C15H26N2S2/c1-15(2,3)14-6-5-13(19-14)12(9-16)17(4)11-7-8-18-10-11/h5-6,11-12H,7-10,16H2,1-4H3. The SMILES string of the molecule is CN(C1CCSC1)C(CN)c1ccc(C(C)(C)C)s1. The molecule has 1 aromatic heterocycles. The van der Waals surface area contributed by atoms with Gasteiger partial charge in [-0.3, -0.25) is 4.90 Å². The summed E-state index contributed by atoms with van der Waals surface area (Å²) in [5, 5.41) is 0. The van der Waals surface area contributed by atoms with Crippen molar-refractivity contribution in [2.45, 2.75) is 44.7 Å². The third-order valence-corrected chi connectivity index (χ3v) is 6.65. The molecule has 0 aliphatic carbocycles. The van der Waals surface area contributed by atoms with Gasteiger partial charge in [-0.2, -0.15) is 11.8 Å². The third kappa shape index (κ3) is 3.54. The molecule has 0 saturated carbocycles. The molecule has 2 rings (SSSR count). The molecule has 0 spiro atoms. The van der Waals surface area contributed by atoms with Gasteiger partial charge in [0.15, 0.2) is 0 Å². The van der Waals surface area contributed by atoms with Gasteiger partial charge in [-0.15, -0.1) is 11.3 Å². The molecular formula is C15H26N2S2. The molecular weight excluding hydrogens is 272 g/mol. The fourth-order valence-corrected chi connectivity index (χ4v) is 5.03. The summed E-state index contributed by atoms with van der Waals surface area (Å²) in [5.41, 5.74) is 6.29. The zero-order valence-corrected chi connectivity index (χ0v) is 14.1. The summed E-state index contributed by atoms with van der Waals surface area (Å²) < 4.78 is 0. The van der Waals surface area contributed by atoms with E-state index in [0.717, 1.165) is 0 Å². The maximum atomic E-state index is 6.05. The Kier molecular flexibility index (Phi) is 4.99. The zero-order valence-electron chi connectivity index (χ0n) is 12.5. The number of thioether (sulfide) groups is 1. The minimum absolute atomic E-state index is 0.240. The van der Waals surface area contributed by atoms with E-state index in [1.807, 2.05) is 11.3 Å². The molecule has 1 fully saturated rings. The molecule has 1 saturated heterocycles. The fourth-order valence-electron chi connectivity index (χ4n) is 2.52. The van der Waals surface area contributed by atoms with Crippen molar-refractivity contribution in [2.24, 2.45) is 5.73 Å². The molecule has 108 valence electrons. The molecule has 1 aliphatic heterocycles. The van der Waals surface area contributed by atoms with Gasteiger partial charge >= 0.3 is 0 Å². The van der Waals surface area contributed by atoms with Crippen LogP contribution in [0.15, 0.2) is 12.1 Å². The largest absolute Gasteiger partial charge is 0.329 e. The Bertz CT molecular complexity index is 403. The summed E-state index contributed by atoms with van der Waals surface area (Å²) in [6.45, 7) is 7.54. The van der Waals surface area contributed by atoms with Crippen molar-refractivity contribution >= 4 is 23.1 Å². The number of thiophene rings is 1. The normalized spacial score (nSPS) is 22.1. The third-order valence-electron chi connectivity index (χ3n) is 3.89. The van der Waals surface area contributed by atoms with E-state index in [1.54, 1.807) is 0 Å². The van der Waals surface area contributed by atoms with Gasteiger partial charge in [-0.25, -0.2) is 0 Å². The number of hydrogen-bond acceptors (Lipinski definition) is 4. The molecule has 1 aliphatic rings. The topological polar surface area (TPSA) is 29.3 Å². The first-order valence-corrected chi connectivity index (χ1v) is 9.00. The summed E-state index contributed by atoms with van der Waals surface area (Å²) in [5.74, 6) is 2.55. The van der Waals surface area contributed by atoms with E-state index in [1.165, 1.54) is 27.7 Å². The predicted molar refractivity (Wildman–Crippen MR) is 88.3 cm³/mol. The van der Waals surface area contributed by atoms with Gasteiger partial charge < -0.3 is 5.73 Å². The maximum Gasteiger partial charge on any atom is 0.0564 e. The monoisotopic (exact) mass is 298 g/mol. The molecule has 1 aromatic rings. The highest BCUT2D eigenvalue weighted by molar-refractivity contribution is 7.99. The molecule has 19 heavy (non-hydrogen) atoms. The van der Waals surface area contributed by atoms with Gasteiger partial charge in [0.1, 0.15) is 0 Å². The molecule has 2 atom stereocenters. The molecule has 2 nitrogen and oxygen atoms in total. The molecule has 0 aromatic carbocycles. The van der Waals surface area contributed by atoms with Gasteiger partial charge in [0.2, 0.25) is 0 Å². The molecule has 2 heterocycles. The number of nitrogens with two attached hydrogens (primary N) is 1. The summed E-state index contributed by atoms with van der Waals surface area (Å²) in [6, 6.07) is 5.63. The van der Waals surface area contributed by atoms with Crippen molar-refractivity contribution in [3.8, 4) is 0 Å². The minimum atomic E-state index is 0.240. The van der Waals surface area contributed by atoms with E-state index in [4.69, 9.17) is 5.73 Å². The lowest BCUT2D eigenvalue weighted by molar-refractivity contribution is 0.195. The predicted octanol–water partition coefficient (Wildman–Crippen LogP) is 3.48.